The van der Waals surface area contributed by atoms with Crippen molar-refractivity contribution in [2.24, 2.45) is 5.92 Å². The number of carbonyl (C=O) groups excluding carboxylic acids is 2. The summed E-state index contributed by atoms with van der Waals surface area (Å²) in [4.78, 5) is 28.9. The van der Waals surface area contributed by atoms with E-state index in [1.165, 1.54) is 30.3 Å². The lowest BCUT2D eigenvalue weighted by Crippen LogP contribution is -2.45. The van der Waals surface area contributed by atoms with E-state index in [1.54, 1.807) is 27.8 Å². The van der Waals surface area contributed by atoms with Crippen molar-refractivity contribution in [1.29, 1.82) is 0 Å². The first kappa shape index (κ1) is 29.1. The van der Waals surface area contributed by atoms with Crippen LogP contribution in [0.4, 0.5) is 14.6 Å². The summed E-state index contributed by atoms with van der Waals surface area (Å²) in [6, 6.07) is 21.0. The number of ketones is 1. The predicted octanol–water partition coefficient (Wildman–Crippen LogP) is 6.07. The number of Topliss-reactive ketones (excluding diaryl/α,β-unsaturated/α-hetero) is 1. The van der Waals surface area contributed by atoms with Crippen molar-refractivity contribution >= 4 is 44.5 Å². The number of carbonyl (C=O) groups is 2. The zero-order chi connectivity index (χ0) is 25.4. The van der Waals surface area contributed by atoms with Crippen LogP contribution in [0.3, 0.4) is 0 Å². The smallest absolute Gasteiger partial charge is 0.232 e. The van der Waals surface area contributed by atoms with Crippen LogP contribution in [0.2, 0.25) is 0 Å². The van der Waals surface area contributed by atoms with Crippen molar-refractivity contribution in [2.45, 2.75) is 26.2 Å². The largest absolute Gasteiger partial charge is 0.296 e. The molecular formula is C29H29F2N3O2S2. The minimum absolute atomic E-state index is 0. The molecular weight excluding hydrogens is 524 g/mol. The molecule has 0 radical (unpaired) electrons. The molecule has 1 aliphatic heterocycles. The zero-order valence-corrected chi connectivity index (χ0v) is 23.0. The van der Waals surface area contributed by atoms with E-state index in [0.717, 1.165) is 22.5 Å². The number of para-hydroxylation sites is 1. The van der Waals surface area contributed by atoms with Crippen molar-refractivity contribution in [3.05, 3.63) is 113 Å². The molecule has 0 saturated heterocycles. The number of nitrogens with zero attached hydrogens (tertiary/aromatic N) is 3. The number of benzene rings is 3. The zero-order valence-electron chi connectivity index (χ0n) is 21.0. The van der Waals surface area contributed by atoms with Gasteiger partial charge in [-0.15, -0.1) is 0 Å². The van der Waals surface area contributed by atoms with E-state index in [9.17, 15) is 18.4 Å². The molecule has 0 bridgehead atoms. The van der Waals surface area contributed by atoms with Gasteiger partial charge in [-0.1, -0.05) is 42.5 Å². The quantitative estimate of drug-likeness (QED) is 0.272. The van der Waals surface area contributed by atoms with E-state index in [0.29, 0.717) is 12.4 Å². The number of anilines is 1. The van der Waals surface area contributed by atoms with E-state index in [-0.39, 0.29) is 56.5 Å². The van der Waals surface area contributed by atoms with Gasteiger partial charge in [0.05, 0.1) is 17.3 Å². The molecule has 0 N–H and O–H groups in total. The van der Waals surface area contributed by atoms with Crippen molar-refractivity contribution in [3.8, 4) is 5.69 Å². The number of aryl methyl sites for hydroxylation is 1. The Bertz CT molecular complexity index is 1440. The third-order valence-corrected chi connectivity index (χ3v) is 6.73. The van der Waals surface area contributed by atoms with E-state index in [4.69, 9.17) is 5.10 Å². The van der Waals surface area contributed by atoms with Crippen LogP contribution in [0, 0.1) is 24.5 Å². The Kier molecular flexibility index (Phi) is 9.17. The molecule has 2 heterocycles. The fourth-order valence-electron chi connectivity index (χ4n) is 5.11. The van der Waals surface area contributed by atoms with E-state index in [2.05, 4.69) is 0 Å². The monoisotopic (exact) mass is 553 g/mol. The van der Waals surface area contributed by atoms with Crippen LogP contribution in [-0.4, -0.2) is 28.0 Å². The second-order valence-corrected chi connectivity index (χ2v) is 8.93. The van der Waals surface area contributed by atoms with E-state index < -0.39 is 17.7 Å². The Hall–Kier alpha value is -3.43. The Morgan fingerprint density at radius 2 is 1.61 bits per heavy atom. The van der Waals surface area contributed by atoms with Gasteiger partial charge in [-0.2, -0.15) is 32.1 Å². The average Bonchev–Trinajstić information content (AvgIpc) is 3.22. The van der Waals surface area contributed by atoms with Gasteiger partial charge < -0.3 is 0 Å². The van der Waals surface area contributed by atoms with Gasteiger partial charge in [0.15, 0.2) is 5.78 Å². The standard InChI is InChI=1S/C29H25F2N3O2.2H2S/c1-3-33-28-26(18(2)32-34(28)23-10-5-4-6-11-23)27(19-12-14-21(30)15-13-19)24(29(33)36)17-25(35)20-8-7-9-22(31)16-20;;/h4-16,24,27H,3,17H2,1-2H3;2*1H2/t24-,27+;;/m0../s1. The molecule has 5 rings (SSSR count). The molecule has 3 aromatic carbocycles. The van der Waals surface area contributed by atoms with Crippen LogP contribution in [0.1, 0.15) is 46.4 Å². The fraction of sp³-hybridized carbons (Fsp3) is 0.207. The van der Waals surface area contributed by atoms with Crippen LogP contribution in [-0.2, 0) is 4.79 Å². The number of aromatic nitrogens is 2. The summed E-state index contributed by atoms with van der Waals surface area (Å²) >= 11 is 0. The summed E-state index contributed by atoms with van der Waals surface area (Å²) in [6.45, 7) is 4.14. The summed E-state index contributed by atoms with van der Waals surface area (Å²) in [5.41, 5.74) is 3.28. The maximum atomic E-state index is 14.0. The number of hydrogen-bond donors (Lipinski definition) is 0. The van der Waals surface area contributed by atoms with Gasteiger partial charge in [0, 0.05) is 30.0 Å². The summed E-state index contributed by atoms with van der Waals surface area (Å²) < 4.78 is 29.4. The third kappa shape index (κ3) is 5.26. The van der Waals surface area contributed by atoms with Crippen molar-refractivity contribution in [1.82, 2.24) is 9.78 Å². The summed E-state index contributed by atoms with van der Waals surface area (Å²) in [7, 11) is 0. The molecule has 5 nitrogen and oxygen atoms in total. The average molecular weight is 554 g/mol. The number of halogens is 2. The summed E-state index contributed by atoms with van der Waals surface area (Å²) in [5.74, 6) is -2.08. The number of rotatable bonds is 6. The van der Waals surface area contributed by atoms with E-state index >= 15 is 0 Å². The fourth-order valence-corrected chi connectivity index (χ4v) is 5.11. The molecule has 1 aliphatic rings. The Labute approximate surface area is 234 Å². The van der Waals surface area contributed by atoms with Gasteiger partial charge in [-0.3, -0.25) is 14.5 Å². The van der Waals surface area contributed by atoms with Crippen LogP contribution in [0.5, 0.6) is 0 Å². The Morgan fingerprint density at radius 1 is 0.921 bits per heavy atom. The minimum Gasteiger partial charge on any atom is -0.296 e. The molecule has 0 aliphatic carbocycles. The van der Waals surface area contributed by atoms with E-state index in [1.807, 2.05) is 44.2 Å². The van der Waals surface area contributed by atoms with Crippen LogP contribution in [0.25, 0.3) is 5.69 Å². The van der Waals surface area contributed by atoms with Crippen LogP contribution < -0.4 is 4.90 Å². The second-order valence-electron chi connectivity index (χ2n) is 8.93. The topological polar surface area (TPSA) is 55.2 Å². The second kappa shape index (κ2) is 12.0. The molecule has 1 aromatic heterocycles. The van der Waals surface area contributed by atoms with Gasteiger partial charge >= 0.3 is 0 Å². The van der Waals surface area contributed by atoms with Crippen LogP contribution in [0.15, 0.2) is 78.9 Å². The summed E-state index contributed by atoms with van der Waals surface area (Å²) in [6.07, 6.45) is -0.115. The first-order valence-electron chi connectivity index (χ1n) is 11.9. The third-order valence-electron chi connectivity index (χ3n) is 6.73. The first-order valence-corrected chi connectivity index (χ1v) is 11.9. The maximum Gasteiger partial charge on any atom is 0.232 e. The highest BCUT2D eigenvalue weighted by atomic mass is 32.1. The van der Waals surface area contributed by atoms with Crippen molar-refractivity contribution < 1.29 is 18.4 Å². The lowest BCUT2D eigenvalue weighted by atomic mass is 9.74. The first-order chi connectivity index (χ1) is 17.4. The molecule has 0 spiro atoms. The van der Waals surface area contributed by atoms with Gasteiger partial charge in [-0.05, 0) is 55.8 Å². The maximum absolute atomic E-state index is 14.0. The number of hydrogen-bond acceptors (Lipinski definition) is 3. The molecule has 198 valence electrons. The molecule has 0 saturated carbocycles. The minimum atomic E-state index is -0.759. The highest BCUT2D eigenvalue weighted by Gasteiger charge is 2.45. The number of fused-ring (bicyclic) bond motifs is 1. The molecule has 2 atom stereocenters. The van der Waals surface area contributed by atoms with Crippen LogP contribution >= 0.6 is 27.0 Å². The van der Waals surface area contributed by atoms with Crippen molar-refractivity contribution in [2.75, 3.05) is 11.4 Å². The van der Waals surface area contributed by atoms with Gasteiger partial charge in [0.2, 0.25) is 5.91 Å². The predicted molar refractivity (Wildman–Crippen MR) is 154 cm³/mol. The normalized spacial score (nSPS) is 16.3. The Balaban J connectivity index is 0.00000200. The molecule has 9 heteroatoms. The van der Waals surface area contributed by atoms with Gasteiger partial charge in [0.25, 0.3) is 0 Å². The highest BCUT2D eigenvalue weighted by molar-refractivity contribution is 7.59. The molecule has 0 unspecified atom stereocenters. The molecule has 1 amide bonds. The summed E-state index contributed by atoms with van der Waals surface area (Å²) in [5, 5.41) is 4.79. The van der Waals surface area contributed by atoms with Gasteiger partial charge in [-0.25, -0.2) is 13.5 Å². The van der Waals surface area contributed by atoms with Crippen molar-refractivity contribution in [3.63, 3.8) is 0 Å². The molecule has 0 fully saturated rings. The molecule has 38 heavy (non-hydrogen) atoms. The lowest BCUT2D eigenvalue weighted by molar-refractivity contribution is -0.123. The molecule has 4 aromatic rings. The highest BCUT2D eigenvalue weighted by Crippen LogP contribution is 2.47. The SMILES string of the molecule is CCN1C(=O)[C@@H](CC(=O)c2cccc(F)c2)[C@@H](c2ccc(F)cc2)c2c(C)nn(-c3ccccc3)c21.S.S. The van der Waals surface area contributed by atoms with Gasteiger partial charge in [0.1, 0.15) is 17.5 Å². The Morgan fingerprint density at radius 3 is 2.24 bits per heavy atom. The lowest BCUT2D eigenvalue weighted by Gasteiger charge is -2.38. The number of amides is 1.